The predicted molar refractivity (Wildman–Crippen MR) is 128 cm³/mol. The number of amides is 2. The smallest absolute Gasteiger partial charge is 0.253 e. The second-order valence-electron chi connectivity index (χ2n) is 8.40. The molecule has 0 radical (unpaired) electrons. The molecule has 0 atom stereocenters. The van der Waals surface area contributed by atoms with Crippen LogP contribution in [0.3, 0.4) is 0 Å². The molecule has 0 saturated carbocycles. The Bertz CT molecular complexity index is 1140. The Morgan fingerprint density at radius 3 is 2.42 bits per heavy atom. The number of halogens is 1. The van der Waals surface area contributed by atoms with Gasteiger partial charge >= 0.3 is 0 Å². The van der Waals surface area contributed by atoms with Crippen LogP contribution in [-0.2, 0) is 6.54 Å². The van der Waals surface area contributed by atoms with E-state index in [1.54, 1.807) is 24.3 Å². The molecule has 170 valence electrons. The number of para-hydroxylation sites is 1. The molecule has 2 amide bonds. The fraction of sp³-hybridized carbons (Fsp3) is 0.259. The van der Waals surface area contributed by atoms with E-state index in [2.05, 4.69) is 15.5 Å². The highest BCUT2D eigenvalue weighted by atomic mass is 19.1. The van der Waals surface area contributed by atoms with Gasteiger partial charge in [-0.15, -0.1) is 0 Å². The van der Waals surface area contributed by atoms with Gasteiger partial charge < -0.3 is 15.5 Å². The maximum atomic E-state index is 13.9. The standard InChI is InChI=1S/C27H28FN3O2/c1-19-7-6-9-20(17-19)26(32)30-22-13-15-31(16-14-22)25-12-5-3-10-23(25)27(33)29-18-21-8-2-4-11-24(21)28/h2-12,17,22H,13-16,18H2,1H3,(H,29,33)(H,30,32). The Labute approximate surface area is 193 Å². The molecule has 0 unspecified atom stereocenters. The summed E-state index contributed by atoms with van der Waals surface area (Å²) in [5, 5.41) is 5.97. The molecule has 0 bridgehead atoms. The van der Waals surface area contributed by atoms with Crippen LogP contribution in [0.15, 0.2) is 72.8 Å². The number of hydrogen-bond acceptors (Lipinski definition) is 3. The predicted octanol–water partition coefficient (Wildman–Crippen LogP) is 4.46. The molecular formula is C27H28FN3O2. The lowest BCUT2D eigenvalue weighted by Gasteiger charge is -2.35. The number of hydrogen-bond donors (Lipinski definition) is 2. The molecule has 0 spiro atoms. The zero-order valence-corrected chi connectivity index (χ0v) is 18.7. The Morgan fingerprint density at radius 2 is 1.67 bits per heavy atom. The minimum Gasteiger partial charge on any atom is -0.371 e. The number of rotatable bonds is 6. The van der Waals surface area contributed by atoms with Crippen molar-refractivity contribution in [2.45, 2.75) is 32.4 Å². The second-order valence-corrected chi connectivity index (χ2v) is 8.40. The number of carbonyl (C=O) groups is 2. The molecule has 6 heteroatoms. The molecule has 2 N–H and O–H groups in total. The zero-order valence-electron chi connectivity index (χ0n) is 18.7. The van der Waals surface area contributed by atoms with Crippen LogP contribution < -0.4 is 15.5 Å². The summed E-state index contributed by atoms with van der Waals surface area (Å²) < 4.78 is 13.9. The summed E-state index contributed by atoms with van der Waals surface area (Å²) in [7, 11) is 0. The molecule has 0 aliphatic carbocycles. The van der Waals surface area contributed by atoms with Crippen LogP contribution in [0, 0.1) is 12.7 Å². The van der Waals surface area contributed by atoms with Crippen molar-refractivity contribution >= 4 is 17.5 Å². The minimum absolute atomic E-state index is 0.0509. The van der Waals surface area contributed by atoms with Gasteiger partial charge in [-0.3, -0.25) is 9.59 Å². The number of piperidine rings is 1. The summed E-state index contributed by atoms with van der Waals surface area (Å²) in [5.41, 5.74) is 3.60. The van der Waals surface area contributed by atoms with Crippen LogP contribution in [0.5, 0.6) is 0 Å². The summed E-state index contributed by atoms with van der Waals surface area (Å²) in [6, 6.07) is 21.6. The maximum absolute atomic E-state index is 13.9. The van der Waals surface area contributed by atoms with Gasteiger partial charge in [0.2, 0.25) is 0 Å². The van der Waals surface area contributed by atoms with Crippen molar-refractivity contribution in [2.24, 2.45) is 0 Å². The van der Waals surface area contributed by atoms with Crippen molar-refractivity contribution < 1.29 is 14.0 Å². The van der Waals surface area contributed by atoms with Crippen LogP contribution in [0.25, 0.3) is 0 Å². The SMILES string of the molecule is Cc1cccc(C(=O)NC2CCN(c3ccccc3C(=O)NCc3ccccc3F)CC2)c1. The highest BCUT2D eigenvalue weighted by Crippen LogP contribution is 2.25. The fourth-order valence-electron chi connectivity index (χ4n) is 4.17. The molecule has 1 aliphatic heterocycles. The van der Waals surface area contributed by atoms with Gasteiger partial charge in [0.15, 0.2) is 0 Å². The molecule has 0 aromatic heterocycles. The van der Waals surface area contributed by atoms with Crippen molar-refractivity contribution in [1.82, 2.24) is 10.6 Å². The molecular weight excluding hydrogens is 417 g/mol. The Balaban J connectivity index is 1.36. The third-order valence-corrected chi connectivity index (χ3v) is 6.00. The molecule has 1 heterocycles. The number of carbonyl (C=O) groups excluding carboxylic acids is 2. The van der Waals surface area contributed by atoms with Crippen LogP contribution >= 0.6 is 0 Å². The first-order valence-electron chi connectivity index (χ1n) is 11.2. The largest absolute Gasteiger partial charge is 0.371 e. The summed E-state index contributed by atoms with van der Waals surface area (Å²) in [6.07, 6.45) is 1.59. The van der Waals surface area contributed by atoms with Crippen LogP contribution in [0.1, 0.15) is 44.7 Å². The highest BCUT2D eigenvalue weighted by Gasteiger charge is 2.24. The van der Waals surface area contributed by atoms with E-state index in [0.29, 0.717) is 16.7 Å². The average Bonchev–Trinajstić information content (AvgIpc) is 2.84. The summed E-state index contributed by atoms with van der Waals surface area (Å²) in [6.45, 7) is 3.57. The molecule has 4 rings (SSSR count). The van der Waals surface area contributed by atoms with Gasteiger partial charge in [-0.1, -0.05) is 48.0 Å². The van der Waals surface area contributed by atoms with E-state index in [9.17, 15) is 14.0 Å². The average molecular weight is 446 g/mol. The third kappa shape index (κ3) is 5.58. The van der Waals surface area contributed by atoms with E-state index >= 15 is 0 Å². The van der Waals surface area contributed by atoms with Gasteiger partial charge in [-0.2, -0.15) is 0 Å². The first-order chi connectivity index (χ1) is 16.0. The van der Waals surface area contributed by atoms with E-state index in [0.717, 1.165) is 37.2 Å². The van der Waals surface area contributed by atoms with E-state index in [-0.39, 0.29) is 30.2 Å². The molecule has 1 fully saturated rings. The number of aryl methyl sites for hydroxylation is 1. The Morgan fingerprint density at radius 1 is 0.939 bits per heavy atom. The summed E-state index contributed by atoms with van der Waals surface area (Å²) >= 11 is 0. The van der Waals surface area contributed by atoms with E-state index in [1.165, 1.54) is 6.07 Å². The summed E-state index contributed by atoms with van der Waals surface area (Å²) in [4.78, 5) is 27.6. The molecule has 3 aromatic rings. The maximum Gasteiger partial charge on any atom is 0.253 e. The second kappa shape index (κ2) is 10.3. The van der Waals surface area contributed by atoms with Crippen molar-refractivity contribution in [3.8, 4) is 0 Å². The van der Waals surface area contributed by atoms with Crippen molar-refractivity contribution in [1.29, 1.82) is 0 Å². The quantitative estimate of drug-likeness (QED) is 0.589. The Hall–Kier alpha value is -3.67. The van der Waals surface area contributed by atoms with Crippen LogP contribution in [-0.4, -0.2) is 30.9 Å². The van der Waals surface area contributed by atoms with E-state index in [4.69, 9.17) is 0 Å². The van der Waals surface area contributed by atoms with Crippen LogP contribution in [0.2, 0.25) is 0 Å². The number of nitrogens with one attached hydrogen (secondary N) is 2. The number of anilines is 1. The number of nitrogens with zero attached hydrogens (tertiary/aromatic N) is 1. The number of benzene rings is 3. The first-order valence-corrected chi connectivity index (χ1v) is 11.2. The van der Waals surface area contributed by atoms with Gasteiger partial charge in [0.25, 0.3) is 11.8 Å². The summed E-state index contributed by atoms with van der Waals surface area (Å²) in [5.74, 6) is -0.616. The van der Waals surface area contributed by atoms with Crippen molar-refractivity contribution in [3.63, 3.8) is 0 Å². The van der Waals surface area contributed by atoms with E-state index in [1.807, 2.05) is 49.4 Å². The molecule has 5 nitrogen and oxygen atoms in total. The van der Waals surface area contributed by atoms with Gasteiger partial charge in [0.05, 0.1) is 5.56 Å². The lowest BCUT2D eigenvalue weighted by atomic mass is 10.0. The molecule has 3 aromatic carbocycles. The van der Waals surface area contributed by atoms with Crippen molar-refractivity contribution in [2.75, 3.05) is 18.0 Å². The van der Waals surface area contributed by atoms with Crippen LogP contribution in [0.4, 0.5) is 10.1 Å². The van der Waals surface area contributed by atoms with Crippen molar-refractivity contribution in [3.05, 3.63) is 101 Å². The van der Waals surface area contributed by atoms with Gasteiger partial charge in [0, 0.05) is 42.5 Å². The lowest BCUT2D eigenvalue weighted by molar-refractivity contribution is 0.0929. The Kier molecular flexibility index (Phi) is 7.03. The zero-order chi connectivity index (χ0) is 23.2. The highest BCUT2D eigenvalue weighted by molar-refractivity contribution is 5.99. The monoisotopic (exact) mass is 445 g/mol. The third-order valence-electron chi connectivity index (χ3n) is 6.00. The lowest BCUT2D eigenvalue weighted by Crippen LogP contribution is -2.45. The van der Waals surface area contributed by atoms with Gasteiger partial charge in [-0.25, -0.2) is 4.39 Å². The minimum atomic E-state index is -0.333. The molecule has 1 aliphatic rings. The first kappa shape index (κ1) is 22.5. The van der Waals surface area contributed by atoms with Gasteiger partial charge in [0.1, 0.15) is 5.82 Å². The molecule has 1 saturated heterocycles. The van der Waals surface area contributed by atoms with E-state index < -0.39 is 0 Å². The fourth-order valence-corrected chi connectivity index (χ4v) is 4.17. The van der Waals surface area contributed by atoms with Gasteiger partial charge in [-0.05, 0) is 50.1 Å². The topological polar surface area (TPSA) is 61.4 Å². The molecule has 33 heavy (non-hydrogen) atoms. The normalized spacial score (nSPS) is 14.1.